The van der Waals surface area contributed by atoms with Crippen molar-refractivity contribution < 1.29 is 19.0 Å². The van der Waals surface area contributed by atoms with E-state index in [0.29, 0.717) is 31.3 Å². The highest BCUT2D eigenvalue weighted by Crippen LogP contribution is 2.34. The van der Waals surface area contributed by atoms with Crippen LogP contribution in [0.5, 0.6) is 17.2 Å². The zero-order valence-corrected chi connectivity index (χ0v) is 17.5. The van der Waals surface area contributed by atoms with Crippen LogP contribution in [-0.2, 0) is 4.79 Å². The highest BCUT2D eigenvalue weighted by Gasteiger charge is 2.27. The second-order valence-electron chi connectivity index (χ2n) is 7.85. The second kappa shape index (κ2) is 8.34. The van der Waals surface area contributed by atoms with Crippen molar-refractivity contribution >= 4 is 28.2 Å². The number of pyridine rings is 1. The third-order valence-electron chi connectivity index (χ3n) is 5.87. The summed E-state index contributed by atoms with van der Waals surface area (Å²) in [6.07, 6.45) is 3.63. The van der Waals surface area contributed by atoms with E-state index in [0.717, 1.165) is 47.4 Å². The van der Waals surface area contributed by atoms with E-state index in [-0.39, 0.29) is 11.8 Å². The number of hydrogen-bond donors (Lipinski definition) is 1. The van der Waals surface area contributed by atoms with Gasteiger partial charge in [0, 0.05) is 42.1 Å². The molecule has 0 spiro atoms. The molecule has 5 rings (SSSR count). The number of methoxy groups -OCH3 is 1. The number of piperidine rings is 1. The molecule has 1 amide bonds. The maximum Gasteiger partial charge on any atom is 0.229 e. The van der Waals surface area contributed by atoms with Gasteiger partial charge in [0.25, 0.3) is 0 Å². The van der Waals surface area contributed by atoms with Crippen LogP contribution in [0.2, 0.25) is 0 Å². The SMILES string of the molecule is COc1ccc2nccc(N3CCCC(C(=O)Nc4ccc5c(c4)OCCO5)C3)c2c1. The zero-order valence-electron chi connectivity index (χ0n) is 17.5. The zero-order chi connectivity index (χ0) is 21.2. The van der Waals surface area contributed by atoms with Crippen molar-refractivity contribution in [2.75, 3.05) is 43.6 Å². The quantitative estimate of drug-likeness (QED) is 0.692. The minimum absolute atomic E-state index is 0.0253. The third-order valence-corrected chi connectivity index (χ3v) is 5.87. The molecule has 1 fully saturated rings. The van der Waals surface area contributed by atoms with E-state index >= 15 is 0 Å². The summed E-state index contributed by atoms with van der Waals surface area (Å²) in [4.78, 5) is 19.8. The molecule has 3 aromatic rings. The Balaban J connectivity index is 1.33. The molecule has 0 saturated carbocycles. The van der Waals surface area contributed by atoms with Crippen molar-refractivity contribution in [1.29, 1.82) is 0 Å². The average molecular weight is 419 g/mol. The number of carbonyl (C=O) groups excluding carboxylic acids is 1. The number of nitrogens with zero attached hydrogens (tertiary/aromatic N) is 2. The Morgan fingerprint density at radius 3 is 2.87 bits per heavy atom. The average Bonchev–Trinajstić information content (AvgIpc) is 2.83. The van der Waals surface area contributed by atoms with Crippen LogP contribution in [0.4, 0.5) is 11.4 Å². The van der Waals surface area contributed by atoms with Gasteiger partial charge in [-0.25, -0.2) is 0 Å². The van der Waals surface area contributed by atoms with Crippen LogP contribution < -0.4 is 24.4 Å². The first kappa shape index (κ1) is 19.5. The predicted octanol–water partition coefficient (Wildman–Crippen LogP) is 3.87. The lowest BCUT2D eigenvalue weighted by Crippen LogP contribution is -2.40. The molecular formula is C24H25N3O4. The highest BCUT2D eigenvalue weighted by molar-refractivity contribution is 5.95. The predicted molar refractivity (Wildman–Crippen MR) is 119 cm³/mol. The van der Waals surface area contributed by atoms with Gasteiger partial charge in [-0.1, -0.05) is 0 Å². The van der Waals surface area contributed by atoms with Crippen molar-refractivity contribution in [1.82, 2.24) is 4.98 Å². The van der Waals surface area contributed by atoms with Gasteiger partial charge in [-0.15, -0.1) is 0 Å². The molecule has 1 saturated heterocycles. The van der Waals surface area contributed by atoms with Gasteiger partial charge in [0.15, 0.2) is 11.5 Å². The van der Waals surface area contributed by atoms with Gasteiger partial charge >= 0.3 is 0 Å². The number of carbonyl (C=O) groups is 1. The van der Waals surface area contributed by atoms with Gasteiger partial charge in [0.1, 0.15) is 19.0 Å². The van der Waals surface area contributed by atoms with E-state index in [9.17, 15) is 4.79 Å². The Morgan fingerprint density at radius 2 is 2.00 bits per heavy atom. The Bertz CT molecular complexity index is 1120. The van der Waals surface area contributed by atoms with E-state index in [2.05, 4.69) is 15.2 Å². The molecule has 1 N–H and O–H groups in total. The van der Waals surface area contributed by atoms with E-state index in [4.69, 9.17) is 14.2 Å². The summed E-state index contributed by atoms with van der Waals surface area (Å²) in [5.41, 5.74) is 2.73. The lowest BCUT2D eigenvalue weighted by atomic mass is 9.96. The smallest absolute Gasteiger partial charge is 0.229 e. The molecule has 7 heteroatoms. The fourth-order valence-electron chi connectivity index (χ4n) is 4.29. The van der Waals surface area contributed by atoms with Gasteiger partial charge in [-0.3, -0.25) is 9.78 Å². The van der Waals surface area contributed by atoms with Crippen LogP contribution in [0.25, 0.3) is 10.9 Å². The first-order valence-corrected chi connectivity index (χ1v) is 10.6. The van der Waals surface area contributed by atoms with Crippen molar-refractivity contribution in [2.24, 2.45) is 5.92 Å². The molecule has 1 aromatic heterocycles. The fraction of sp³-hybridized carbons (Fsp3) is 0.333. The summed E-state index contributed by atoms with van der Waals surface area (Å²) in [5.74, 6) is 2.11. The number of rotatable bonds is 4. The summed E-state index contributed by atoms with van der Waals surface area (Å²) < 4.78 is 16.6. The Hall–Kier alpha value is -3.48. The normalized spacial score (nSPS) is 18.0. The summed E-state index contributed by atoms with van der Waals surface area (Å²) in [5, 5.41) is 4.09. The van der Waals surface area contributed by atoms with Gasteiger partial charge < -0.3 is 24.4 Å². The number of amides is 1. The minimum Gasteiger partial charge on any atom is -0.497 e. The van der Waals surface area contributed by atoms with Crippen molar-refractivity contribution in [3.05, 3.63) is 48.7 Å². The molecule has 2 aromatic carbocycles. The lowest BCUT2D eigenvalue weighted by Gasteiger charge is -2.34. The lowest BCUT2D eigenvalue weighted by molar-refractivity contribution is -0.120. The Labute approximate surface area is 180 Å². The van der Waals surface area contributed by atoms with Crippen LogP contribution >= 0.6 is 0 Å². The number of benzene rings is 2. The third kappa shape index (κ3) is 3.95. The number of anilines is 2. The number of ether oxygens (including phenoxy) is 3. The van der Waals surface area contributed by atoms with Crippen molar-refractivity contribution in [2.45, 2.75) is 12.8 Å². The van der Waals surface area contributed by atoms with Gasteiger partial charge in [0.05, 0.1) is 18.5 Å². The fourth-order valence-corrected chi connectivity index (χ4v) is 4.29. The van der Waals surface area contributed by atoms with E-state index in [1.807, 2.05) is 48.7 Å². The van der Waals surface area contributed by atoms with Gasteiger partial charge in [0.2, 0.25) is 5.91 Å². The maximum atomic E-state index is 13.0. The molecule has 3 heterocycles. The van der Waals surface area contributed by atoms with Crippen molar-refractivity contribution in [3.63, 3.8) is 0 Å². The maximum absolute atomic E-state index is 13.0. The molecule has 0 bridgehead atoms. The van der Waals surface area contributed by atoms with Gasteiger partial charge in [-0.05, 0) is 49.2 Å². The minimum atomic E-state index is -0.101. The molecular weight excluding hydrogens is 394 g/mol. The van der Waals surface area contributed by atoms with Crippen LogP contribution in [0, 0.1) is 5.92 Å². The molecule has 160 valence electrons. The molecule has 2 aliphatic heterocycles. The van der Waals surface area contributed by atoms with Crippen LogP contribution in [0.1, 0.15) is 12.8 Å². The van der Waals surface area contributed by atoms with E-state index < -0.39 is 0 Å². The van der Waals surface area contributed by atoms with Gasteiger partial charge in [-0.2, -0.15) is 0 Å². The standard InChI is InChI=1S/C24H25N3O4/c1-29-18-5-6-20-19(14-18)21(8-9-25-20)27-10-2-3-16(15-27)24(28)26-17-4-7-22-23(13-17)31-12-11-30-22/h4-9,13-14,16H,2-3,10-12,15H2,1H3,(H,26,28). The molecule has 2 aliphatic rings. The molecule has 7 nitrogen and oxygen atoms in total. The first-order valence-electron chi connectivity index (χ1n) is 10.6. The van der Waals surface area contributed by atoms with E-state index in [1.165, 1.54) is 0 Å². The molecule has 0 radical (unpaired) electrons. The number of aromatic nitrogens is 1. The molecule has 31 heavy (non-hydrogen) atoms. The summed E-state index contributed by atoms with van der Waals surface area (Å²) in [6, 6.07) is 13.4. The first-order chi connectivity index (χ1) is 15.2. The van der Waals surface area contributed by atoms with Crippen molar-refractivity contribution in [3.8, 4) is 17.2 Å². The second-order valence-corrected chi connectivity index (χ2v) is 7.85. The largest absolute Gasteiger partial charge is 0.497 e. The van der Waals surface area contributed by atoms with Crippen LogP contribution in [0.15, 0.2) is 48.7 Å². The number of hydrogen-bond acceptors (Lipinski definition) is 6. The highest BCUT2D eigenvalue weighted by atomic mass is 16.6. The Kier molecular flexibility index (Phi) is 5.24. The summed E-state index contributed by atoms with van der Waals surface area (Å²) in [7, 11) is 1.66. The van der Waals surface area contributed by atoms with E-state index in [1.54, 1.807) is 7.11 Å². The number of fused-ring (bicyclic) bond motifs is 2. The summed E-state index contributed by atoms with van der Waals surface area (Å²) >= 11 is 0. The topological polar surface area (TPSA) is 72.9 Å². The molecule has 1 unspecified atom stereocenters. The summed E-state index contributed by atoms with van der Waals surface area (Å²) in [6.45, 7) is 2.63. The van der Waals surface area contributed by atoms with Crippen LogP contribution in [0.3, 0.4) is 0 Å². The number of nitrogens with one attached hydrogen (secondary N) is 1. The van der Waals surface area contributed by atoms with Crippen LogP contribution in [-0.4, -0.2) is 44.3 Å². The Morgan fingerprint density at radius 1 is 1.13 bits per heavy atom. The monoisotopic (exact) mass is 419 g/mol. The molecule has 0 aliphatic carbocycles. The molecule has 1 atom stereocenters.